The normalized spacial score (nSPS) is 23.8. The molecule has 0 heterocycles. The molecule has 1 atom stereocenters. The molecule has 19 heavy (non-hydrogen) atoms. The summed E-state index contributed by atoms with van der Waals surface area (Å²) < 4.78 is 5.04. The summed E-state index contributed by atoms with van der Waals surface area (Å²) in [4.78, 5) is 24.0. The van der Waals surface area contributed by atoms with E-state index in [1.54, 1.807) is 6.92 Å². The summed E-state index contributed by atoms with van der Waals surface area (Å²) in [5.41, 5.74) is 0. The van der Waals surface area contributed by atoms with Crippen molar-refractivity contribution < 1.29 is 14.3 Å². The highest BCUT2D eigenvalue weighted by Gasteiger charge is 2.26. The van der Waals surface area contributed by atoms with E-state index in [9.17, 15) is 9.59 Å². The minimum Gasteiger partial charge on any atom is -0.465 e. The van der Waals surface area contributed by atoms with Gasteiger partial charge in [0, 0.05) is 6.42 Å². The predicted molar refractivity (Wildman–Crippen MR) is 75.9 cm³/mol. The van der Waals surface area contributed by atoms with Gasteiger partial charge in [0.05, 0.1) is 6.61 Å². The number of carbonyl (C=O) groups is 2. The fourth-order valence-electron chi connectivity index (χ4n) is 2.71. The van der Waals surface area contributed by atoms with E-state index < -0.39 is 5.92 Å². The van der Waals surface area contributed by atoms with Crippen LogP contribution in [0.25, 0.3) is 0 Å². The number of carbonyl (C=O) groups excluding carboxylic acids is 2. The van der Waals surface area contributed by atoms with Gasteiger partial charge >= 0.3 is 5.97 Å². The molecule has 0 radical (unpaired) electrons. The van der Waals surface area contributed by atoms with E-state index in [1.807, 2.05) is 0 Å². The molecule has 0 spiro atoms. The standard InChI is InChI=1S/C16H28O3/c1-2-19-16(18)14-12-10-8-6-4-3-5-7-9-11-13-15(14)17/h14H,2-13H2,1H3. The third-order valence-corrected chi connectivity index (χ3v) is 3.88. The fourth-order valence-corrected chi connectivity index (χ4v) is 2.71. The number of esters is 1. The Bertz CT molecular complexity index is 273. The van der Waals surface area contributed by atoms with Crippen molar-refractivity contribution in [2.75, 3.05) is 6.61 Å². The zero-order chi connectivity index (χ0) is 13.9. The van der Waals surface area contributed by atoms with Crippen LogP contribution in [0.4, 0.5) is 0 Å². The highest BCUT2D eigenvalue weighted by molar-refractivity contribution is 5.98. The fraction of sp³-hybridized carbons (Fsp3) is 0.875. The maximum atomic E-state index is 12.1. The van der Waals surface area contributed by atoms with Gasteiger partial charge in [-0.15, -0.1) is 0 Å². The quantitative estimate of drug-likeness (QED) is 0.561. The molecule has 1 unspecified atom stereocenters. The minimum atomic E-state index is -0.499. The summed E-state index contributed by atoms with van der Waals surface area (Å²) in [6, 6.07) is 0. The summed E-state index contributed by atoms with van der Waals surface area (Å²) in [7, 11) is 0. The molecule has 1 rings (SSSR count). The minimum absolute atomic E-state index is 0.0951. The number of ketones is 1. The maximum Gasteiger partial charge on any atom is 0.316 e. The second-order valence-corrected chi connectivity index (χ2v) is 5.49. The Morgan fingerprint density at radius 1 is 1.00 bits per heavy atom. The lowest BCUT2D eigenvalue weighted by Gasteiger charge is -2.14. The van der Waals surface area contributed by atoms with Crippen LogP contribution in [-0.2, 0) is 14.3 Å². The van der Waals surface area contributed by atoms with Gasteiger partial charge in [-0.05, 0) is 19.8 Å². The first kappa shape index (κ1) is 16.2. The van der Waals surface area contributed by atoms with Gasteiger partial charge in [0.25, 0.3) is 0 Å². The van der Waals surface area contributed by atoms with Crippen LogP contribution in [-0.4, -0.2) is 18.4 Å². The molecule has 0 N–H and O–H groups in total. The number of ether oxygens (including phenoxy) is 1. The van der Waals surface area contributed by atoms with Crippen molar-refractivity contribution >= 4 is 11.8 Å². The first-order valence-corrected chi connectivity index (χ1v) is 7.95. The third kappa shape index (κ3) is 6.74. The molecule has 1 aliphatic rings. The van der Waals surface area contributed by atoms with E-state index in [-0.39, 0.29) is 11.8 Å². The SMILES string of the molecule is CCOC(=O)C1CCCCCCCCCCCC1=O. The van der Waals surface area contributed by atoms with Crippen LogP contribution in [0.2, 0.25) is 0 Å². The predicted octanol–water partition coefficient (Wildman–Crippen LogP) is 4.04. The maximum absolute atomic E-state index is 12.1. The van der Waals surface area contributed by atoms with Crippen molar-refractivity contribution in [3.63, 3.8) is 0 Å². The van der Waals surface area contributed by atoms with E-state index in [4.69, 9.17) is 4.74 Å². The summed E-state index contributed by atoms with van der Waals surface area (Å²) in [5, 5.41) is 0. The van der Waals surface area contributed by atoms with Crippen LogP contribution in [0, 0.1) is 5.92 Å². The van der Waals surface area contributed by atoms with E-state index in [0.717, 1.165) is 25.7 Å². The van der Waals surface area contributed by atoms with Crippen molar-refractivity contribution in [2.24, 2.45) is 5.92 Å². The zero-order valence-electron chi connectivity index (χ0n) is 12.3. The highest BCUT2D eigenvalue weighted by atomic mass is 16.5. The second-order valence-electron chi connectivity index (χ2n) is 5.49. The molecular formula is C16H28O3. The van der Waals surface area contributed by atoms with Crippen LogP contribution < -0.4 is 0 Å². The Hall–Kier alpha value is -0.860. The number of hydrogen-bond acceptors (Lipinski definition) is 3. The van der Waals surface area contributed by atoms with E-state index in [1.165, 1.54) is 32.1 Å². The lowest BCUT2D eigenvalue weighted by Crippen LogP contribution is -2.26. The average molecular weight is 268 g/mol. The summed E-state index contributed by atoms with van der Waals surface area (Å²) in [6.45, 7) is 2.16. The molecule has 0 saturated heterocycles. The summed E-state index contributed by atoms with van der Waals surface area (Å²) in [5.74, 6) is -0.708. The van der Waals surface area contributed by atoms with Gasteiger partial charge < -0.3 is 4.74 Å². The van der Waals surface area contributed by atoms with Crippen LogP contribution in [0.1, 0.15) is 77.6 Å². The molecule has 1 aliphatic carbocycles. The first-order valence-electron chi connectivity index (χ1n) is 7.95. The van der Waals surface area contributed by atoms with Crippen LogP contribution in [0.5, 0.6) is 0 Å². The molecule has 3 nitrogen and oxygen atoms in total. The zero-order valence-corrected chi connectivity index (χ0v) is 12.3. The summed E-state index contributed by atoms with van der Waals surface area (Å²) >= 11 is 0. The first-order chi connectivity index (χ1) is 9.25. The second kappa shape index (κ2) is 9.99. The molecule has 1 saturated carbocycles. The molecule has 0 aromatic heterocycles. The Balaban J connectivity index is 2.52. The smallest absolute Gasteiger partial charge is 0.316 e. The van der Waals surface area contributed by atoms with E-state index in [0.29, 0.717) is 19.4 Å². The lowest BCUT2D eigenvalue weighted by atomic mass is 9.93. The molecule has 0 aliphatic heterocycles. The molecule has 0 bridgehead atoms. The topological polar surface area (TPSA) is 43.4 Å². The van der Waals surface area contributed by atoms with Gasteiger partial charge in [0.2, 0.25) is 0 Å². The van der Waals surface area contributed by atoms with Crippen molar-refractivity contribution in [2.45, 2.75) is 77.6 Å². The molecule has 1 fully saturated rings. The molecule has 0 aromatic carbocycles. The number of rotatable bonds is 2. The average Bonchev–Trinajstić information content (AvgIpc) is 2.41. The van der Waals surface area contributed by atoms with Crippen LogP contribution >= 0.6 is 0 Å². The van der Waals surface area contributed by atoms with E-state index >= 15 is 0 Å². The molecule has 0 amide bonds. The third-order valence-electron chi connectivity index (χ3n) is 3.88. The lowest BCUT2D eigenvalue weighted by molar-refractivity contribution is -0.152. The Morgan fingerprint density at radius 3 is 2.11 bits per heavy atom. The van der Waals surface area contributed by atoms with Gasteiger partial charge in [-0.25, -0.2) is 0 Å². The monoisotopic (exact) mass is 268 g/mol. The van der Waals surface area contributed by atoms with E-state index in [2.05, 4.69) is 0 Å². The van der Waals surface area contributed by atoms with Crippen LogP contribution in [0.15, 0.2) is 0 Å². The van der Waals surface area contributed by atoms with Gasteiger partial charge in [0.15, 0.2) is 0 Å². The number of Topliss-reactive ketones (excluding diaryl/α,β-unsaturated/α-hetero) is 1. The van der Waals surface area contributed by atoms with Crippen molar-refractivity contribution in [1.29, 1.82) is 0 Å². The molecular weight excluding hydrogens is 240 g/mol. The highest BCUT2D eigenvalue weighted by Crippen LogP contribution is 2.19. The Morgan fingerprint density at radius 2 is 1.53 bits per heavy atom. The summed E-state index contributed by atoms with van der Waals surface area (Å²) in [6.07, 6.45) is 11.7. The van der Waals surface area contributed by atoms with Gasteiger partial charge in [0.1, 0.15) is 11.7 Å². The van der Waals surface area contributed by atoms with Crippen molar-refractivity contribution in [3.05, 3.63) is 0 Å². The Kier molecular flexibility index (Phi) is 8.52. The van der Waals surface area contributed by atoms with Gasteiger partial charge in [-0.3, -0.25) is 9.59 Å². The Labute approximate surface area is 117 Å². The van der Waals surface area contributed by atoms with Crippen molar-refractivity contribution in [1.82, 2.24) is 0 Å². The molecule has 0 aromatic rings. The number of hydrogen-bond donors (Lipinski definition) is 0. The molecule has 3 heteroatoms. The van der Waals surface area contributed by atoms with Crippen LogP contribution in [0.3, 0.4) is 0 Å². The van der Waals surface area contributed by atoms with Crippen molar-refractivity contribution in [3.8, 4) is 0 Å². The molecule has 110 valence electrons. The largest absolute Gasteiger partial charge is 0.465 e. The van der Waals surface area contributed by atoms with Gasteiger partial charge in [-0.1, -0.05) is 51.4 Å². The van der Waals surface area contributed by atoms with Gasteiger partial charge in [-0.2, -0.15) is 0 Å².